The lowest BCUT2D eigenvalue weighted by Gasteiger charge is -2.19. The van der Waals surface area contributed by atoms with E-state index in [1.807, 2.05) is 19.1 Å². The molecule has 1 aliphatic carbocycles. The van der Waals surface area contributed by atoms with Gasteiger partial charge in [0.25, 0.3) is 0 Å². The number of nitrogens with zero attached hydrogens (tertiary/aromatic N) is 3. The van der Waals surface area contributed by atoms with Crippen LogP contribution in [0.3, 0.4) is 0 Å². The van der Waals surface area contributed by atoms with Crippen LogP contribution in [0.15, 0.2) is 24.4 Å². The van der Waals surface area contributed by atoms with Crippen molar-refractivity contribution in [1.29, 1.82) is 0 Å². The Kier molecular flexibility index (Phi) is 4.03. The van der Waals surface area contributed by atoms with Crippen molar-refractivity contribution >= 4 is 18.1 Å². The Hall–Kier alpha value is -2.63. The lowest BCUT2D eigenvalue weighted by atomic mass is 10.1. The number of piperidine rings is 1. The number of hydrogen-bond acceptors (Lipinski definition) is 6. The molecular weight excluding hydrogens is 316 g/mol. The number of carbonyl (C=O) groups is 1. The maximum absolute atomic E-state index is 11.3. The summed E-state index contributed by atoms with van der Waals surface area (Å²) >= 11 is 0. The zero-order chi connectivity index (χ0) is 17.4. The summed E-state index contributed by atoms with van der Waals surface area (Å²) in [6, 6.07) is 6.03. The smallest absolute Gasteiger partial charge is 0.227 e. The molecule has 25 heavy (non-hydrogen) atoms. The summed E-state index contributed by atoms with van der Waals surface area (Å²) in [6.07, 6.45) is 3.75. The summed E-state index contributed by atoms with van der Waals surface area (Å²) in [7, 11) is 1.67. The normalized spacial score (nSPS) is 21.0. The number of aromatic nitrogens is 2. The van der Waals surface area contributed by atoms with E-state index in [1.54, 1.807) is 13.3 Å². The van der Waals surface area contributed by atoms with Crippen LogP contribution in [0.1, 0.15) is 27.9 Å². The van der Waals surface area contributed by atoms with E-state index in [9.17, 15) is 4.79 Å². The van der Waals surface area contributed by atoms with Crippen molar-refractivity contribution in [1.82, 2.24) is 9.97 Å². The third kappa shape index (κ3) is 3.16. The van der Waals surface area contributed by atoms with Gasteiger partial charge in [-0.1, -0.05) is 12.1 Å². The molecule has 2 fully saturated rings. The summed E-state index contributed by atoms with van der Waals surface area (Å²) in [5.74, 6) is 3.80. The van der Waals surface area contributed by atoms with Crippen LogP contribution in [-0.2, 0) is 6.54 Å². The first-order valence-electron chi connectivity index (χ1n) is 8.62. The van der Waals surface area contributed by atoms with Crippen molar-refractivity contribution in [3.8, 4) is 5.75 Å². The first kappa shape index (κ1) is 15.9. The van der Waals surface area contributed by atoms with E-state index in [0.717, 1.165) is 48.1 Å². The van der Waals surface area contributed by atoms with Crippen molar-refractivity contribution in [2.24, 2.45) is 11.8 Å². The van der Waals surface area contributed by atoms with Crippen molar-refractivity contribution in [3.63, 3.8) is 0 Å². The van der Waals surface area contributed by atoms with Gasteiger partial charge in [0.2, 0.25) is 5.95 Å². The number of nitrogens with one attached hydrogen (secondary N) is 1. The van der Waals surface area contributed by atoms with Gasteiger partial charge in [0.05, 0.1) is 12.7 Å². The first-order valence-corrected chi connectivity index (χ1v) is 8.62. The number of aryl methyl sites for hydroxylation is 1. The second-order valence-corrected chi connectivity index (χ2v) is 6.91. The number of anilines is 2. The van der Waals surface area contributed by atoms with Gasteiger partial charge < -0.3 is 15.0 Å². The molecule has 2 unspecified atom stereocenters. The number of aldehydes is 1. The Morgan fingerprint density at radius 2 is 2.16 bits per heavy atom. The largest absolute Gasteiger partial charge is 0.496 e. The monoisotopic (exact) mass is 338 g/mol. The summed E-state index contributed by atoms with van der Waals surface area (Å²) in [5, 5.41) is 3.28. The quantitative estimate of drug-likeness (QED) is 0.817. The molecule has 1 saturated carbocycles. The second-order valence-electron chi connectivity index (χ2n) is 6.91. The van der Waals surface area contributed by atoms with Crippen LogP contribution < -0.4 is 15.0 Å². The van der Waals surface area contributed by atoms with Crippen molar-refractivity contribution < 1.29 is 9.53 Å². The Balaban J connectivity index is 1.50. The van der Waals surface area contributed by atoms with E-state index in [2.05, 4.69) is 26.3 Å². The van der Waals surface area contributed by atoms with Gasteiger partial charge in [-0.2, -0.15) is 4.98 Å². The highest BCUT2D eigenvalue weighted by Gasteiger charge is 2.45. The summed E-state index contributed by atoms with van der Waals surface area (Å²) in [6.45, 7) is 4.67. The number of fused-ring (bicyclic) bond motifs is 1. The Bertz CT molecular complexity index is 798. The average molecular weight is 338 g/mol. The van der Waals surface area contributed by atoms with Gasteiger partial charge in [0.15, 0.2) is 6.29 Å². The molecule has 130 valence electrons. The molecule has 1 aromatic carbocycles. The molecule has 0 radical (unpaired) electrons. The maximum atomic E-state index is 11.3. The molecule has 2 aliphatic rings. The van der Waals surface area contributed by atoms with Crippen LogP contribution in [0.25, 0.3) is 0 Å². The predicted octanol–water partition coefficient (Wildman–Crippen LogP) is 2.67. The van der Waals surface area contributed by atoms with Crippen LogP contribution in [0.2, 0.25) is 0 Å². The Morgan fingerprint density at radius 1 is 1.36 bits per heavy atom. The molecule has 1 aromatic heterocycles. The van der Waals surface area contributed by atoms with E-state index in [0.29, 0.717) is 23.9 Å². The minimum atomic E-state index is 0.485. The molecule has 0 amide bonds. The van der Waals surface area contributed by atoms with E-state index in [4.69, 9.17) is 4.74 Å². The number of ether oxygens (including phenoxy) is 1. The van der Waals surface area contributed by atoms with Gasteiger partial charge in [-0.05, 0) is 42.4 Å². The molecule has 6 heteroatoms. The number of methoxy groups -OCH3 is 1. The van der Waals surface area contributed by atoms with Gasteiger partial charge in [-0.25, -0.2) is 4.98 Å². The molecule has 6 nitrogen and oxygen atoms in total. The molecule has 2 aromatic rings. The lowest BCUT2D eigenvalue weighted by molar-refractivity contribution is 0.112. The standard InChI is InChI=1S/C19H22N4O2/c1-12-5-13(3-4-17(12)25-2)7-20-18-16(11-24)8-21-19(22-18)23-9-14-6-15(14)10-23/h3-5,8,11,14-15H,6-7,9-10H2,1-2H3,(H,20,21,22). The van der Waals surface area contributed by atoms with Gasteiger partial charge in [0, 0.05) is 25.8 Å². The third-order valence-corrected chi connectivity index (χ3v) is 5.11. The predicted molar refractivity (Wildman–Crippen MR) is 96.3 cm³/mol. The Labute approximate surface area is 147 Å². The van der Waals surface area contributed by atoms with Gasteiger partial charge in [-0.15, -0.1) is 0 Å². The van der Waals surface area contributed by atoms with Gasteiger partial charge in [-0.3, -0.25) is 4.79 Å². The molecular formula is C19H22N4O2. The van der Waals surface area contributed by atoms with Gasteiger partial charge >= 0.3 is 0 Å². The highest BCUT2D eigenvalue weighted by atomic mass is 16.5. The van der Waals surface area contributed by atoms with E-state index >= 15 is 0 Å². The fourth-order valence-electron chi connectivity index (χ4n) is 3.56. The van der Waals surface area contributed by atoms with Gasteiger partial charge in [0.1, 0.15) is 11.6 Å². The van der Waals surface area contributed by atoms with Crippen LogP contribution in [0.5, 0.6) is 5.75 Å². The zero-order valence-electron chi connectivity index (χ0n) is 14.5. The van der Waals surface area contributed by atoms with Crippen molar-refractivity contribution in [3.05, 3.63) is 41.1 Å². The molecule has 0 bridgehead atoms. The number of carbonyl (C=O) groups excluding carboxylic acids is 1. The summed E-state index contributed by atoms with van der Waals surface area (Å²) in [5.41, 5.74) is 2.67. The zero-order valence-corrected chi connectivity index (χ0v) is 14.5. The molecule has 1 saturated heterocycles. The summed E-state index contributed by atoms with van der Waals surface area (Å²) < 4.78 is 5.29. The van der Waals surface area contributed by atoms with Crippen LogP contribution in [-0.4, -0.2) is 36.5 Å². The van der Waals surface area contributed by atoms with Crippen molar-refractivity contribution in [2.75, 3.05) is 30.4 Å². The maximum Gasteiger partial charge on any atom is 0.227 e. The molecule has 1 N–H and O–H groups in total. The topological polar surface area (TPSA) is 67.3 Å². The SMILES string of the molecule is COc1ccc(CNc2nc(N3CC4CC4C3)ncc2C=O)cc1C. The van der Waals surface area contributed by atoms with Crippen LogP contribution in [0.4, 0.5) is 11.8 Å². The molecule has 1 aliphatic heterocycles. The summed E-state index contributed by atoms with van der Waals surface area (Å²) in [4.78, 5) is 22.5. The fourth-order valence-corrected chi connectivity index (χ4v) is 3.56. The highest BCUT2D eigenvalue weighted by molar-refractivity contribution is 5.82. The van der Waals surface area contributed by atoms with E-state index in [1.165, 1.54) is 6.42 Å². The van der Waals surface area contributed by atoms with E-state index < -0.39 is 0 Å². The third-order valence-electron chi connectivity index (χ3n) is 5.11. The van der Waals surface area contributed by atoms with Crippen LogP contribution >= 0.6 is 0 Å². The number of benzene rings is 1. The lowest BCUT2D eigenvalue weighted by Crippen LogP contribution is -2.24. The average Bonchev–Trinajstić information content (AvgIpc) is 3.25. The minimum Gasteiger partial charge on any atom is -0.496 e. The van der Waals surface area contributed by atoms with Crippen LogP contribution in [0, 0.1) is 18.8 Å². The minimum absolute atomic E-state index is 0.485. The second kappa shape index (κ2) is 6.35. The number of rotatable bonds is 6. The molecule has 2 atom stereocenters. The fraction of sp³-hybridized carbons (Fsp3) is 0.421. The molecule has 0 spiro atoms. The Morgan fingerprint density at radius 3 is 2.84 bits per heavy atom. The number of hydrogen-bond donors (Lipinski definition) is 1. The molecule has 4 rings (SSSR count). The highest BCUT2D eigenvalue weighted by Crippen LogP contribution is 2.45. The molecule has 2 heterocycles. The van der Waals surface area contributed by atoms with E-state index in [-0.39, 0.29) is 0 Å². The van der Waals surface area contributed by atoms with Crippen molar-refractivity contribution in [2.45, 2.75) is 19.9 Å². The first-order chi connectivity index (χ1) is 12.2.